The minimum Gasteiger partial charge on any atom is -0.355 e. The fourth-order valence-electron chi connectivity index (χ4n) is 1.92. The Bertz CT molecular complexity index is 684. The molecule has 0 aliphatic heterocycles. The van der Waals surface area contributed by atoms with E-state index in [1.54, 1.807) is 40.2 Å². The van der Waals surface area contributed by atoms with Gasteiger partial charge < -0.3 is 15.5 Å². The van der Waals surface area contributed by atoms with Crippen LogP contribution in [0.1, 0.15) is 22.8 Å². The standard InChI is InChI=1S/C16H27N5O3S/c1-5-25(23,24)20-11-10-18-16(17-2)19-12-13-6-8-14(9-7-13)15(22)21(3)4/h6-9,20H,5,10-12H2,1-4H3,(H2,17,18,19). The zero-order valence-corrected chi connectivity index (χ0v) is 16.0. The van der Waals surface area contributed by atoms with E-state index in [0.717, 1.165) is 5.56 Å². The molecule has 1 aromatic rings. The van der Waals surface area contributed by atoms with Crippen molar-refractivity contribution in [3.8, 4) is 0 Å². The van der Waals surface area contributed by atoms with Gasteiger partial charge in [-0.05, 0) is 24.6 Å². The first-order chi connectivity index (χ1) is 11.8. The number of guanidine groups is 1. The minimum absolute atomic E-state index is 0.0356. The molecule has 1 aromatic carbocycles. The molecule has 0 heterocycles. The van der Waals surface area contributed by atoms with Gasteiger partial charge in [-0.1, -0.05) is 12.1 Å². The number of carbonyl (C=O) groups excluding carboxylic acids is 1. The molecule has 0 fully saturated rings. The molecule has 0 spiro atoms. The molecular weight excluding hydrogens is 342 g/mol. The number of hydrogen-bond donors (Lipinski definition) is 3. The van der Waals surface area contributed by atoms with Gasteiger partial charge in [0.2, 0.25) is 10.0 Å². The number of sulfonamides is 1. The van der Waals surface area contributed by atoms with Crippen LogP contribution in [0, 0.1) is 0 Å². The van der Waals surface area contributed by atoms with Gasteiger partial charge in [-0.15, -0.1) is 0 Å². The van der Waals surface area contributed by atoms with Gasteiger partial charge in [-0.25, -0.2) is 13.1 Å². The van der Waals surface area contributed by atoms with Gasteiger partial charge in [0.25, 0.3) is 5.91 Å². The Balaban J connectivity index is 2.43. The van der Waals surface area contributed by atoms with Crippen LogP contribution in [0.4, 0.5) is 0 Å². The van der Waals surface area contributed by atoms with Crippen LogP contribution in [0.5, 0.6) is 0 Å². The number of aliphatic imine (C=N–C) groups is 1. The Morgan fingerprint density at radius 3 is 2.28 bits per heavy atom. The molecule has 0 aromatic heterocycles. The Hall–Kier alpha value is -2.13. The average Bonchev–Trinajstić information content (AvgIpc) is 2.60. The largest absolute Gasteiger partial charge is 0.355 e. The van der Waals surface area contributed by atoms with Crippen LogP contribution in [0.15, 0.2) is 29.3 Å². The van der Waals surface area contributed by atoms with Crippen LogP contribution in [-0.2, 0) is 16.6 Å². The molecule has 8 nitrogen and oxygen atoms in total. The van der Waals surface area contributed by atoms with Gasteiger partial charge in [0, 0.05) is 46.3 Å². The van der Waals surface area contributed by atoms with Crippen LogP contribution in [-0.4, -0.2) is 65.2 Å². The average molecular weight is 369 g/mol. The molecule has 140 valence electrons. The topological polar surface area (TPSA) is 103 Å². The number of carbonyl (C=O) groups is 1. The monoisotopic (exact) mass is 369 g/mol. The van der Waals surface area contributed by atoms with E-state index in [-0.39, 0.29) is 18.2 Å². The van der Waals surface area contributed by atoms with Crippen molar-refractivity contribution in [1.29, 1.82) is 0 Å². The van der Waals surface area contributed by atoms with E-state index in [9.17, 15) is 13.2 Å². The van der Waals surface area contributed by atoms with Gasteiger partial charge in [0.05, 0.1) is 5.75 Å². The van der Waals surface area contributed by atoms with Crippen LogP contribution in [0.3, 0.4) is 0 Å². The van der Waals surface area contributed by atoms with Crippen LogP contribution in [0.25, 0.3) is 0 Å². The minimum atomic E-state index is -3.18. The van der Waals surface area contributed by atoms with Gasteiger partial charge in [0.15, 0.2) is 5.96 Å². The normalized spacial score (nSPS) is 11.9. The van der Waals surface area contributed by atoms with Crippen molar-refractivity contribution in [3.63, 3.8) is 0 Å². The molecule has 0 aliphatic carbocycles. The lowest BCUT2D eigenvalue weighted by Gasteiger charge is -2.13. The fraction of sp³-hybridized carbons (Fsp3) is 0.500. The summed E-state index contributed by atoms with van der Waals surface area (Å²) >= 11 is 0. The van der Waals surface area contributed by atoms with Crippen LogP contribution < -0.4 is 15.4 Å². The van der Waals surface area contributed by atoms with Crippen LogP contribution >= 0.6 is 0 Å². The molecule has 0 saturated heterocycles. The summed E-state index contributed by atoms with van der Waals surface area (Å²) in [5.41, 5.74) is 1.64. The lowest BCUT2D eigenvalue weighted by atomic mass is 10.1. The Labute approximate surface area is 149 Å². The van der Waals surface area contributed by atoms with Gasteiger partial charge in [-0.2, -0.15) is 0 Å². The summed E-state index contributed by atoms with van der Waals surface area (Å²) in [6.45, 7) is 2.85. The Morgan fingerprint density at radius 1 is 1.12 bits per heavy atom. The number of amides is 1. The molecule has 0 unspecified atom stereocenters. The molecule has 0 aliphatic rings. The summed E-state index contributed by atoms with van der Waals surface area (Å²) < 4.78 is 25.1. The van der Waals surface area contributed by atoms with E-state index in [1.807, 2.05) is 12.1 Å². The Kier molecular flexibility index (Phi) is 8.36. The summed E-state index contributed by atoms with van der Waals surface area (Å²) in [4.78, 5) is 17.5. The second-order valence-electron chi connectivity index (χ2n) is 5.55. The first kappa shape index (κ1) is 20.9. The third kappa shape index (κ3) is 7.53. The fourth-order valence-corrected chi connectivity index (χ4v) is 2.54. The van der Waals surface area contributed by atoms with E-state index in [1.165, 1.54) is 4.90 Å². The molecular formula is C16H27N5O3S. The maximum Gasteiger partial charge on any atom is 0.253 e. The van der Waals surface area contributed by atoms with Crippen molar-refractivity contribution in [2.24, 2.45) is 4.99 Å². The third-order valence-electron chi connectivity index (χ3n) is 3.41. The molecule has 0 saturated carbocycles. The Morgan fingerprint density at radius 2 is 1.76 bits per heavy atom. The summed E-state index contributed by atoms with van der Waals surface area (Å²) in [6, 6.07) is 7.34. The van der Waals surface area contributed by atoms with Crippen molar-refractivity contribution in [1.82, 2.24) is 20.3 Å². The van der Waals surface area contributed by atoms with E-state index >= 15 is 0 Å². The summed E-state index contributed by atoms with van der Waals surface area (Å²) in [5, 5.41) is 6.17. The van der Waals surface area contributed by atoms with E-state index < -0.39 is 10.0 Å². The maximum absolute atomic E-state index is 11.8. The highest BCUT2D eigenvalue weighted by Crippen LogP contribution is 2.06. The van der Waals surface area contributed by atoms with Crippen molar-refractivity contribution in [2.45, 2.75) is 13.5 Å². The SMILES string of the molecule is CCS(=O)(=O)NCCNC(=NC)NCc1ccc(C(=O)N(C)C)cc1. The molecule has 1 amide bonds. The number of nitrogens with one attached hydrogen (secondary N) is 3. The van der Waals surface area contributed by atoms with E-state index in [0.29, 0.717) is 24.6 Å². The van der Waals surface area contributed by atoms with Gasteiger partial charge in [0.1, 0.15) is 0 Å². The second kappa shape index (κ2) is 10.00. The third-order valence-corrected chi connectivity index (χ3v) is 4.81. The molecule has 1 rings (SSSR count). The van der Waals surface area contributed by atoms with E-state index in [4.69, 9.17) is 0 Å². The lowest BCUT2D eigenvalue weighted by molar-refractivity contribution is 0.0827. The number of rotatable bonds is 8. The molecule has 3 N–H and O–H groups in total. The highest BCUT2D eigenvalue weighted by molar-refractivity contribution is 7.89. The number of hydrogen-bond acceptors (Lipinski definition) is 4. The number of nitrogens with zero attached hydrogens (tertiary/aromatic N) is 2. The molecule has 0 radical (unpaired) electrons. The van der Waals surface area contributed by atoms with Crippen molar-refractivity contribution >= 4 is 21.9 Å². The molecule has 0 atom stereocenters. The van der Waals surface area contributed by atoms with Gasteiger partial charge in [-0.3, -0.25) is 9.79 Å². The van der Waals surface area contributed by atoms with Crippen LogP contribution in [0.2, 0.25) is 0 Å². The predicted octanol–water partition coefficient (Wildman–Crippen LogP) is -0.00730. The first-order valence-electron chi connectivity index (χ1n) is 8.01. The lowest BCUT2D eigenvalue weighted by Crippen LogP contribution is -2.41. The van der Waals surface area contributed by atoms with Crippen molar-refractivity contribution < 1.29 is 13.2 Å². The highest BCUT2D eigenvalue weighted by atomic mass is 32.2. The smallest absolute Gasteiger partial charge is 0.253 e. The van der Waals surface area contributed by atoms with Crippen molar-refractivity contribution in [3.05, 3.63) is 35.4 Å². The summed E-state index contributed by atoms with van der Waals surface area (Å²) in [6.07, 6.45) is 0. The molecule has 9 heteroatoms. The number of benzene rings is 1. The zero-order valence-electron chi connectivity index (χ0n) is 15.2. The molecule has 25 heavy (non-hydrogen) atoms. The zero-order chi connectivity index (χ0) is 18.9. The van der Waals surface area contributed by atoms with Crippen molar-refractivity contribution in [2.75, 3.05) is 40.0 Å². The van der Waals surface area contributed by atoms with Gasteiger partial charge >= 0.3 is 0 Å². The predicted molar refractivity (Wildman–Crippen MR) is 100 cm³/mol. The molecule has 0 bridgehead atoms. The quantitative estimate of drug-likeness (QED) is 0.340. The highest BCUT2D eigenvalue weighted by Gasteiger charge is 2.07. The maximum atomic E-state index is 11.8. The summed E-state index contributed by atoms with van der Waals surface area (Å²) in [5.74, 6) is 0.599. The van der Waals surface area contributed by atoms with E-state index in [2.05, 4.69) is 20.3 Å². The second-order valence-corrected chi connectivity index (χ2v) is 7.64. The first-order valence-corrected chi connectivity index (χ1v) is 9.66. The summed E-state index contributed by atoms with van der Waals surface area (Å²) in [7, 11) is 1.90.